The lowest BCUT2D eigenvalue weighted by molar-refractivity contribution is -0.135. The lowest BCUT2D eigenvalue weighted by Crippen LogP contribution is -2.37. The fourth-order valence-corrected chi connectivity index (χ4v) is 1.59. The van der Waals surface area contributed by atoms with E-state index in [1.165, 1.54) is 11.1 Å². The summed E-state index contributed by atoms with van der Waals surface area (Å²) in [4.78, 5) is 10.1. The highest BCUT2D eigenvalue weighted by Crippen LogP contribution is 2.15. The summed E-state index contributed by atoms with van der Waals surface area (Å²) >= 11 is 0. The maximum absolute atomic E-state index is 10.1. The Labute approximate surface area is 76.7 Å². The van der Waals surface area contributed by atoms with Gasteiger partial charge in [0.2, 0.25) is 0 Å². The van der Waals surface area contributed by atoms with Gasteiger partial charge in [0.05, 0.1) is 0 Å². The Balaban J connectivity index is 2.15. The molecule has 13 heavy (non-hydrogen) atoms. The lowest BCUT2D eigenvalue weighted by Gasteiger charge is -2.24. The van der Waals surface area contributed by atoms with Gasteiger partial charge in [0, 0.05) is 13.0 Å². The number of ether oxygens (including phenoxy) is 1. The number of rotatable bonds is 2. The van der Waals surface area contributed by atoms with Crippen molar-refractivity contribution in [2.45, 2.75) is 19.2 Å². The molecule has 0 saturated carbocycles. The van der Waals surface area contributed by atoms with Crippen LogP contribution in [0.2, 0.25) is 0 Å². The molecule has 1 aliphatic rings. The Bertz CT molecular complexity index is 312. The first-order valence-corrected chi connectivity index (χ1v) is 4.29. The fraction of sp³-hybridized carbons (Fsp3) is 0.300. The minimum Gasteiger partial charge on any atom is -0.448 e. The largest absolute Gasteiger partial charge is 0.448 e. The van der Waals surface area contributed by atoms with Gasteiger partial charge in [0.1, 0.15) is 0 Å². The van der Waals surface area contributed by atoms with E-state index < -0.39 is 0 Å². The summed E-state index contributed by atoms with van der Waals surface area (Å²) in [6.45, 7) is 1.26. The summed E-state index contributed by atoms with van der Waals surface area (Å²) in [6, 6.07) is 8.17. The SMILES string of the molecule is O=CO[C@@H]1Cc2ccccc2CN1. The first-order valence-electron chi connectivity index (χ1n) is 4.29. The third kappa shape index (κ3) is 1.70. The molecule has 0 unspecified atom stereocenters. The summed E-state index contributed by atoms with van der Waals surface area (Å²) < 4.78 is 4.85. The second-order valence-electron chi connectivity index (χ2n) is 3.07. The third-order valence-electron chi connectivity index (χ3n) is 2.26. The molecule has 1 N–H and O–H groups in total. The van der Waals surface area contributed by atoms with E-state index in [-0.39, 0.29) is 6.23 Å². The van der Waals surface area contributed by atoms with Gasteiger partial charge < -0.3 is 4.74 Å². The van der Waals surface area contributed by atoms with E-state index in [0.717, 1.165) is 13.0 Å². The molecular formula is C10H11NO2. The van der Waals surface area contributed by atoms with Crippen LogP contribution in [0.25, 0.3) is 0 Å². The second-order valence-corrected chi connectivity index (χ2v) is 3.07. The van der Waals surface area contributed by atoms with Gasteiger partial charge in [-0.2, -0.15) is 0 Å². The maximum atomic E-state index is 10.1. The molecule has 68 valence electrons. The summed E-state index contributed by atoms with van der Waals surface area (Å²) in [5, 5.41) is 3.12. The molecule has 0 bridgehead atoms. The molecule has 3 heteroatoms. The van der Waals surface area contributed by atoms with Crippen molar-refractivity contribution in [3.63, 3.8) is 0 Å². The van der Waals surface area contributed by atoms with Crippen LogP contribution in [0.15, 0.2) is 24.3 Å². The lowest BCUT2D eigenvalue weighted by atomic mass is 10.0. The Morgan fingerprint density at radius 3 is 2.92 bits per heavy atom. The van der Waals surface area contributed by atoms with Crippen LogP contribution >= 0.6 is 0 Å². The van der Waals surface area contributed by atoms with Crippen molar-refractivity contribution in [2.24, 2.45) is 0 Å². The molecule has 1 aromatic carbocycles. The van der Waals surface area contributed by atoms with E-state index in [4.69, 9.17) is 4.74 Å². The number of hydrogen-bond acceptors (Lipinski definition) is 3. The number of carbonyl (C=O) groups is 1. The van der Waals surface area contributed by atoms with Crippen LogP contribution in [-0.4, -0.2) is 12.7 Å². The number of hydrogen-bond donors (Lipinski definition) is 1. The molecule has 1 heterocycles. The zero-order valence-corrected chi connectivity index (χ0v) is 7.19. The molecule has 0 amide bonds. The second kappa shape index (κ2) is 3.58. The standard InChI is InChI=1S/C10H11NO2/c12-7-13-10-5-8-3-1-2-4-9(8)6-11-10/h1-4,7,10-11H,5-6H2/t10-/m1/s1. The smallest absolute Gasteiger partial charge is 0.294 e. The van der Waals surface area contributed by atoms with Crippen molar-refractivity contribution in [1.82, 2.24) is 5.32 Å². The van der Waals surface area contributed by atoms with E-state index in [0.29, 0.717) is 6.47 Å². The van der Waals surface area contributed by atoms with Gasteiger partial charge in [-0.25, -0.2) is 0 Å². The van der Waals surface area contributed by atoms with Gasteiger partial charge in [-0.05, 0) is 11.1 Å². The average molecular weight is 177 g/mol. The zero-order valence-electron chi connectivity index (χ0n) is 7.19. The van der Waals surface area contributed by atoms with Crippen molar-refractivity contribution in [3.05, 3.63) is 35.4 Å². The zero-order chi connectivity index (χ0) is 9.10. The first kappa shape index (κ1) is 8.26. The highest BCUT2D eigenvalue weighted by Gasteiger charge is 2.17. The monoisotopic (exact) mass is 177 g/mol. The van der Waals surface area contributed by atoms with Crippen LogP contribution in [-0.2, 0) is 22.5 Å². The van der Waals surface area contributed by atoms with Crippen molar-refractivity contribution in [2.75, 3.05) is 0 Å². The number of fused-ring (bicyclic) bond motifs is 1. The minimum absolute atomic E-state index is 0.160. The van der Waals surface area contributed by atoms with Crippen molar-refractivity contribution < 1.29 is 9.53 Å². The predicted octanol–water partition coefficient (Wildman–Crippen LogP) is 0.831. The molecule has 0 aliphatic carbocycles. The summed E-state index contributed by atoms with van der Waals surface area (Å²) in [5.41, 5.74) is 2.54. The van der Waals surface area contributed by atoms with Gasteiger partial charge >= 0.3 is 0 Å². The summed E-state index contributed by atoms with van der Waals surface area (Å²) in [6.07, 6.45) is 0.599. The van der Waals surface area contributed by atoms with Crippen LogP contribution in [0.3, 0.4) is 0 Å². The highest BCUT2D eigenvalue weighted by atomic mass is 16.5. The molecule has 0 spiro atoms. The first-order chi connectivity index (χ1) is 6.40. The maximum Gasteiger partial charge on any atom is 0.294 e. The van der Waals surface area contributed by atoms with Crippen molar-refractivity contribution in [1.29, 1.82) is 0 Å². The molecule has 1 aromatic rings. The van der Waals surface area contributed by atoms with E-state index in [1.807, 2.05) is 12.1 Å². The Morgan fingerprint density at radius 2 is 2.15 bits per heavy atom. The molecule has 0 saturated heterocycles. The third-order valence-corrected chi connectivity index (χ3v) is 2.26. The summed E-state index contributed by atoms with van der Waals surface area (Å²) in [7, 11) is 0. The molecule has 1 atom stereocenters. The fourth-order valence-electron chi connectivity index (χ4n) is 1.59. The Kier molecular flexibility index (Phi) is 2.27. The van der Waals surface area contributed by atoms with E-state index in [9.17, 15) is 4.79 Å². The van der Waals surface area contributed by atoms with Gasteiger partial charge in [-0.15, -0.1) is 0 Å². The topological polar surface area (TPSA) is 38.3 Å². The molecular weight excluding hydrogens is 166 g/mol. The molecule has 3 nitrogen and oxygen atoms in total. The van der Waals surface area contributed by atoms with E-state index in [1.54, 1.807) is 0 Å². The van der Waals surface area contributed by atoms with Crippen LogP contribution < -0.4 is 5.32 Å². The van der Waals surface area contributed by atoms with Crippen molar-refractivity contribution in [3.8, 4) is 0 Å². The van der Waals surface area contributed by atoms with E-state index >= 15 is 0 Å². The van der Waals surface area contributed by atoms with E-state index in [2.05, 4.69) is 17.4 Å². The van der Waals surface area contributed by atoms with Crippen molar-refractivity contribution >= 4 is 6.47 Å². The normalized spacial score (nSPS) is 20.5. The predicted molar refractivity (Wildman–Crippen MR) is 47.9 cm³/mol. The number of nitrogens with one attached hydrogen (secondary N) is 1. The van der Waals surface area contributed by atoms with Gasteiger partial charge in [0.25, 0.3) is 6.47 Å². The molecule has 1 aliphatic heterocycles. The minimum atomic E-state index is -0.160. The molecule has 0 aromatic heterocycles. The quantitative estimate of drug-likeness (QED) is 0.680. The average Bonchev–Trinajstić information content (AvgIpc) is 2.18. The van der Waals surface area contributed by atoms with Gasteiger partial charge in [-0.1, -0.05) is 24.3 Å². The molecule has 0 fully saturated rings. The Morgan fingerprint density at radius 1 is 1.38 bits per heavy atom. The molecule has 0 radical (unpaired) electrons. The number of carbonyl (C=O) groups excluding carboxylic acids is 1. The van der Waals surface area contributed by atoms with Crippen LogP contribution in [0, 0.1) is 0 Å². The highest BCUT2D eigenvalue weighted by molar-refractivity contribution is 5.38. The van der Waals surface area contributed by atoms with Gasteiger partial charge in [0.15, 0.2) is 6.23 Å². The Hall–Kier alpha value is -1.35. The van der Waals surface area contributed by atoms with Crippen LogP contribution in [0.5, 0.6) is 0 Å². The van der Waals surface area contributed by atoms with Crippen LogP contribution in [0.4, 0.5) is 0 Å². The number of benzene rings is 1. The van der Waals surface area contributed by atoms with Gasteiger partial charge in [-0.3, -0.25) is 10.1 Å². The molecule has 2 rings (SSSR count). The van der Waals surface area contributed by atoms with Crippen LogP contribution in [0.1, 0.15) is 11.1 Å². The summed E-state index contributed by atoms with van der Waals surface area (Å²) in [5.74, 6) is 0.